The summed E-state index contributed by atoms with van der Waals surface area (Å²) in [6.45, 7) is 1.59. The van der Waals surface area contributed by atoms with Gasteiger partial charge in [-0.2, -0.15) is 0 Å². The van der Waals surface area contributed by atoms with E-state index in [1.54, 1.807) is 7.11 Å². The van der Waals surface area contributed by atoms with Gasteiger partial charge in [0.05, 0.1) is 12.4 Å². The number of methoxy groups -OCH3 is 1. The molecule has 1 atom stereocenters. The van der Waals surface area contributed by atoms with E-state index in [0.717, 1.165) is 25.9 Å². The average Bonchev–Trinajstić information content (AvgIpc) is 2.33. The molecule has 6 heteroatoms. The summed E-state index contributed by atoms with van der Waals surface area (Å²) in [5.74, 6) is 0.561. The lowest BCUT2D eigenvalue weighted by Crippen LogP contribution is -2.40. The molecule has 0 saturated carbocycles. The summed E-state index contributed by atoms with van der Waals surface area (Å²) < 4.78 is 5.32. The summed E-state index contributed by atoms with van der Waals surface area (Å²) in [7, 11) is 1.70. The van der Waals surface area contributed by atoms with Gasteiger partial charge in [0.2, 0.25) is 0 Å². The maximum Gasteiger partial charge on any atom is 0.276 e. The highest BCUT2D eigenvalue weighted by Crippen LogP contribution is 2.21. The second-order valence-electron chi connectivity index (χ2n) is 3.91. The Balaban J connectivity index is 2.23. The molecule has 1 fully saturated rings. The van der Waals surface area contributed by atoms with Gasteiger partial charge in [0.15, 0.2) is 5.82 Å². The lowest BCUT2D eigenvalue weighted by Gasteiger charge is -2.32. The van der Waals surface area contributed by atoms with E-state index in [9.17, 15) is 4.79 Å². The van der Waals surface area contributed by atoms with Gasteiger partial charge in [-0.15, -0.1) is 0 Å². The molecule has 0 aromatic carbocycles. The Kier molecular flexibility index (Phi) is 3.09. The normalized spacial score (nSPS) is 21.1. The number of hydrogen-bond donors (Lipinski definition) is 2. The highest BCUT2D eigenvalue weighted by atomic mass is 16.5. The minimum Gasteiger partial charge on any atom is -0.391 e. The van der Waals surface area contributed by atoms with Gasteiger partial charge in [-0.3, -0.25) is 4.79 Å². The zero-order valence-corrected chi connectivity index (χ0v) is 9.27. The van der Waals surface area contributed by atoms with Gasteiger partial charge in [-0.05, 0) is 12.8 Å². The molecule has 2 rings (SSSR count). The van der Waals surface area contributed by atoms with Crippen molar-refractivity contribution < 1.29 is 4.74 Å². The number of piperidine rings is 1. The van der Waals surface area contributed by atoms with Gasteiger partial charge in [0.25, 0.3) is 5.56 Å². The number of hydrogen-bond acceptors (Lipinski definition) is 5. The third-order valence-electron chi connectivity index (χ3n) is 2.88. The summed E-state index contributed by atoms with van der Waals surface area (Å²) in [4.78, 5) is 19.9. The van der Waals surface area contributed by atoms with Crippen molar-refractivity contribution in [2.24, 2.45) is 0 Å². The molecule has 1 unspecified atom stereocenters. The molecule has 1 aliphatic heterocycles. The van der Waals surface area contributed by atoms with Crippen LogP contribution in [0.5, 0.6) is 0 Å². The van der Waals surface area contributed by atoms with Crippen LogP contribution in [0.4, 0.5) is 11.5 Å². The Hall–Kier alpha value is -1.56. The molecule has 0 radical (unpaired) electrons. The van der Waals surface area contributed by atoms with Crippen molar-refractivity contribution in [2.45, 2.75) is 18.9 Å². The Labute approximate surface area is 93.4 Å². The second-order valence-corrected chi connectivity index (χ2v) is 3.91. The standard InChI is InChI=1S/C10H16N4O2/c1-16-7-3-2-4-14(5-7)9-8(11)10(15)13-6-12-9/h6-7H,2-5,11H2,1H3,(H,12,13,15). The van der Waals surface area contributed by atoms with Crippen molar-refractivity contribution in [1.82, 2.24) is 9.97 Å². The zero-order valence-electron chi connectivity index (χ0n) is 9.27. The van der Waals surface area contributed by atoms with E-state index < -0.39 is 0 Å². The van der Waals surface area contributed by atoms with E-state index in [2.05, 4.69) is 9.97 Å². The number of H-pyrrole nitrogens is 1. The summed E-state index contributed by atoms with van der Waals surface area (Å²) in [5.41, 5.74) is 5.60. The molecular weight excluding hydrogens is 208 g/mol. The molecule has 3 N–H and O–H groups in total. The van der Waals surface area contributed by atoms with Crippen LogP contribution in [0, 0.1) is 0 Å². The second kappa shape index (κ2) is 4.52. The van der Waals surface area contributed by atoms with Crippen LogP contribution >= 0.6 is 0 Å². The monoisotopic (exact) mass is 224 g/mol. The van der Waals surface area contributed by atoms with E-state index in [1.165, 1.54) is 6.33 Å². The molecule has 16 heavy (non-hydrogen) atoms. The first-order valence-corrected chi connectivity index (χ1v) is 5.33. The van der Waals surface area contributed by atoms with E-state index in [-0.39, 0.29) is 17.4 Å². The Morgan fingerprint density at radius 3 is 3.25 bits per heavy atom. The number of ether oxygens (including phenoxy) is 1. The third kappa shape index (κ3) is 2.01. The van der Waals surface area contributed by atoms with Crippen molar-refractivity contribution in [3.05, 3.63) is 16.7 Å². The SMILES string of the molecule is COC1CCCN(c2nc[nH]c(=O)c2N)C1. The van der Waals surface area contributed by atoms with Gasteiger partial charge in [-0.25, -0.2) is 4.98 Å². The van der Waals surface area contributed by atoms with Gasteiger partial charge in [-0.1, -0.05) is 0 Å². The minimum atomic E-state index is -0.287. The molecule has 1 saturated heterocycles. The third-order valence-corrected chi connectivity index (χ3v) is 2.88. The minimum absolute atomic E-state index is 0.180. The lowest BCUT2D eigenvalue weighted by atomic mass is 10.1. The van der Waals surface area contributed by atoms with Crippen molar-refractivity contribution >= 4 is 11.5 Å². The van der Waals surface area contributed by atoms with Crippen molar-refractivity contribution in [1.29, 1.82) is 0 Å². The van der Waals surface area contributed by atoms with Crippen LogP contribution in [0.2, 0.25) is 0 Å². The van der Waals surface area contributed by atoms with Crippen LogP contribution in [0.25, 0.3) is 0 Å². The molecule has 0 amide bonds. The van der Waals surface area contributed by atoms with Crippen molar-refractivity contribution in [2.75, 3.05) is 30.8 Å². The fourth-order valence-corrected chi connectivity index (χ4v) is 1.98. The maximum atomic E-state index is 11.4. The number of nitrogens with zero attached hydrogens (tertiary/aromatic N) is 2. The number of aromatic amines is 1. The van der Waals surface area contributed by atoms with Crippen LogP contribution < -0.4 is 16.2 Å². The maximum absolute atomic E-state index is 11.4. The van der Waals surface area contributed by atoms with E-state index in [0.29, 0.717) is 5.82 Å². The van der Waals surface area contributed by atoms with Gasteiger partial charge in [0.1, 0.15) is 5.69 Å². The first-order chi connectivity index (χ1) is 7.72. The van der Waals surface area contributed by atoms with Crippen LogP contribution in [0.3, 0.4) is 0 Å². The van der Waals surface area contributed by atoms with Gasteiger partial charge >= 0.3 is 0 Å². The number of rotatable bonds is 2. The molecule has 88 valence electrons. The summed E-state index contributed by atoms with van der Waals surface area (Å²) in [6.07, 6.45) is 3.63. The summed E-state index contributed by atoms with van der Waals surface area (Å²) >= 11 is 0. The molecule has 0 aliphatic carbocycles. The topological polar surface area (TPSA) is 84.2 Å². The van der Waals surface area contributed by atoms with Crippen molar-refractivity contribution in [3.8, 4) is 0 Å². The molecular formula is C10H16N4O2. The van der Waals surface area contributed by atoms with Crippen LogP contribution in [-0.4, -0.2) is 36.3 Å². The lowest BCUT2D eigenvalue weighted by molar-refractivity contribution is 0.0891. The molecule has 1 aromatic heterocycles. The highest BCUT2D eigenvalue weighted by molar-refractivity contribution is 5.61. The fraction of sp³-hybridized carbons (Fsp3) is 0.600. The number of nitrogen functional groups attached to an aromatic ring is 1. The average molecular weight is 224 g/mol. The Morgan fingerprint density at radius 1 is 1.69 bits per heavy atom. The fourth-order valence-electron chi connectivity index (χ4n) is 1.98. The van der Waals surface area contributed by atoms with Crippen LogP contribution in [0.1, 0.15) is 12.8 Å². The summed E-state index contributed by atoms with van der Waals surface area (Å²) in [6, 6.07) is 0. The largest absolute Gasteiger partial charge is 0.391 e. The first kappa shape index (κ1) is 10.9. The Bertz CT molecular complexity index is 418. The molecule has 2 heterocycles. The molecule has 0 bridgehead atoms. The van der Waals surface area contributed by atoms with Crippen molar-refractivity contribution in [3.63, 3.8) is 0 Å². The van der Waals surface area contributed by atoms with Crippen LogP contribution in [-0.2, 0) is 4.74 Å². The quantitative estimate of drug-likeness (QED) is 0.736. The molecule has 6 nitrogen and oxygen atoms in total. The molecule has 1 aliphatic rings. The van der Waals surface area contributed by atoms with E-state index in [4.69, 9.17) is 10.5 Å². The number of nitrogens with two attached hydrogens (primary N) is 1. The number of anilines is 2. The smallest absolute Gasteiger partial charge is 0.276 e. The predicted molar refractivity (Wildman–Crippen MR) is 61.5 cm³/mol. The first-order valence-electron chi connectivity index (χ1n) is 5.33. The zero-order chi connectivity index (χ0) is 11.5. The summed E-state index contributed by atoms with van der Waals surface area (Å²) in [5, 5.41) is 0. The van der Waals surface area contributed by atoms with Gasteiger partial charge in [0, 0.05) is 20.2 Å². The number of aromatic nitrogens is 2. The van der Waals surface area contributed by atoms with Crippen LogP contribution in [0.15, 0.2) is 11.1 Å². The highest BCUT2D eigenvalue weighted by Gasteiger charge is 2.22. The van der Waals surface area contributed by atoms with Gasteiger partial charge < -0.3 is 20.4 Å². The molecule has 1 aromatic rings. The Morgan fingerprint density at radius 2 is 2.50 bits per heavy atom. The molecule has 0 spiro atoms. The van der Waals surface area contributed by atoms with E-state index in [1.807, 2.05) is 4.90 Å². The predicted octanol–water partition coefficient (Wildman–Crippen LogP) is -0.0327. The number of nitrogens with one attached hydrogen (secondary N) is 1. The van der Waals surface area contributed by atoms with E-state index >= 15 is 0 Å².